The molecule has 0 bridgehead atoms. The Morgan fingerprint density at radius 2 is 1.94 bits per heavy atom. The van der Waals surface area contributed by atoms with Gasteiger partial charge in [0.1, 0.15) is 5.15 Å². The number of aromatic nitrogens is 2. The van der Waals surface area contributed by atoms with Crippen LogP contribution in [0.3, 0.4) is 0 Å². The smallest absolute Gasteiger partial charge is 0.352 e. The van der Waals surface area contributed by atoms with Crippen LogP contribution in [-0.4, -0.2) is 21.9 Å². The average molecular weight is 275 g/mol. The summed E-state index contributed by atoms with van der Waals surface area (Å²) in [4.78, 5) is 17.2. The number of carbonyl (C=O) groups excluding carboxylic acids is 1. The van der Waals surface area contributed by atoms with Crippen LogP contribution in [0.15, 0.2) is 30.5 Å². The lowest BCUT2D eigenvalue weighted by atomic mass is 10.2. The first kappa shape index (κ1) is 12.6. The summed E-state index contributed by atoms with van der Waals surface area (Å²) in [5, 5.41) is 0.275. The van der Waals surface area contributed by atoms with Crippen molar-refractivity contribution in [1.29, 1.82) is 0 Å². The molecule has 2 heterocycles. The van der Waals surface area contributed by atoms with Crippen LogP contribution in [-0.2, 0) is 0 Å². The first-order chi connectivity index (χ1) is 8.38. The number of carbonyl (C=O) groups is 1. The van der Waals surface area contributed by atoms with Crippen LogP contribution < -0.4 is 0 Å². The molecule has 0 atom stereocenters. The Bertz CT molecular complexity index is 575. The molecule has 2 rings (SSSR count). The van der Waals surface area contributed by atoms with Gasteiger partial charge in [0.15, 0.2) is 0 Å². The van der Waals surface area contributed by atoms with E-state index in [4.69, 9.17) is 11.6 Å². The van der Waals surface area contributed by atoms with Crippen molar-refractivity contribution in [3.63, 3.8) is 0 Å². The number of ketones is 1. The minimum atomic E-state index is -4.89. The quantitative estimate of drug-likeness (QED) is 0.673. The molecular formula is C11H6ClF3N2O. The summed E-state index contributed by atoms with van der Waals surface area (Å²) < 4.78 is 36.6. The Balaban J connectivity index is 2.31. The maximum Gasteiger partial charge on any atom is 0.456 e. The van der Waals surface area contributed by atoms with Crippen LogP contribution >= 0.6 is 11.6 Å². The number of rotatable bonds is 2. The fourth-order valence-electron chi connectivity index (χ4n) is 1.38. The molecule has 0 unspecified atom stereocenters. The molecule has 0 fully saturated rings. The first-order valence-electron chi connectivity index (χ1n) is 4.80. The normalized spacial score (nSPS) is 11.6. The average Bonchev–Trinajstić information content (AvgIpc) is 2.77. The van der Waals surface area contributed by atoms with E-state index in [0.717, 1.165) is 6.07 Å². The maximum atomic E-state index is 12.2. The van der Waals surface area contributed by atoms with Crippen LogP contribution in [0.1, 0.15) is 10.5 Å². The first-order valence-corrected chi connectivity index (χ1v) is 5.18. The van der Waals surface area contributed by atoms with Gasteiger partial charge in [-0.05, 0) is 24.3 Å². The number of nitrogens with one attached hydrogen (secondary N) is 1. The third-order valence-electron chi connectivity index (χ3n) is 2.23. The summed E-state index contributed by atoms with van der Waals surface area (Å²) in [6.07, 6.45) is -3.49. The highest BCUT2D eigenvalue weighted by atomic mass is 35.5. The Morgan fingerprint density at radius 1 is 1.22 bits per heavy atom. The molecule has 0 aromatic carbocycles. The van der Waals surface area contributed by atoms with Crippen LogP contribution in [0.5, 0.6) is 0 Å². The van der Waals surface area contributed by atoms with Crippen molar-refractivity contribution < 1.29 is 18.0 Å². The zero-order valence-corrected chi connectivity index (χ0v) is 9.51. The van der Waals surface area contributed by atoms with Gasteiger partial charge in [-0.1, -0.05) is 11.6 Å². The molecule has 0 spiro atoms. The zero-order valence-electron chi connectivity index (χ0n) is 8.75. The highest BCUT2D eigenvalue weighted by Crippen LogP contribution is 2.24. The summed E-state index contributed by atoms with van der Waals surface area (Å²) in [5.74, 6) is -1.91. The standard InChI is InChI=1S/C11H6ClF3N2O/c12-9-4-1-6(5-16-9)7-2-3-8(17-7)10(18)11(13,14)15/h1-5,17H. The van der Waals surface area contributed by atoms with Gasteiger partial charge in [-0.3, -0.25) is 4.79 Å². The summed E-state index contributed by atoms with van der Waals surface area (Å²) in [6.45, 7) is 0. The monoisotopic (exact) mass is 274 g/mol. The lowest BCUT2D eigenvalue weighted by Crippen LogP contribution is -2.22. The molecule has 3 nitrogen and oxygen atoms in total. The molecule has 2 aromatic heterocycles. The van der Waals surface area contributed by atoms with Gasteiger partial charge in [-0.25, -0.2) is 4.98 Å². The second kappa shape index (κ2) is 4.45. The van der Waals surface area contributed by atoms with Crippen molar-refractivity contribution in [3.05, 3.63) is 41.3 Å². The summed E-state index contributed by atoms with van der Waals surface area (Å²) in [5.41, 5.74) is 0.403. The largest absolute Gasteiger partial charge is 0.456 e. The molecule has 7 heteroatoms. The maximum absolute atomic E-state index is 12.2. The number of aromatic amines is 1. The van der Waals surface area contributed by atoms with Gasteiger partial charge in [0, 0.05) is 17.5 Å². The van der Waals surface area contributed by atoms with Crippen molar-refractivity contribution in [2.75, 3.05) is 0 Å². The van der Waals surface area contributed by atoms with Crippen LogP contribution in [0.2, 0.25) is 5.15 Å². The number of nitrogens with zero attached hydrogens (tertiary/aromatic N) is 1. The topological polar surface area (TPSA) is 45.8 Å². The fraction of sp³-hybridized carbons (Fsp3) is 0.0909. The van der Waals surface area contributed by atoms with Crippen LogP contribution in [0.25, 0.3) is 11.3 Å². The van der Waals surface area contributed by atoms with Gasteiger partial charge in [0.05, 0.1) is 5.69 Å². The molecule has 0 aliphatic carbocycles. The number of H-pyrrole nitrogens is 1. The number of Topliss-reactive ketones (excluding diaryl/α,β-unsaturated/α-hetero) is 1. The third kappa shape index (κ3) is 2.53. The number of hydrogen-bond donors (Lipinski definition) is 1. The Labute approximate surface area is 105 Å². The highest BCUT2D eigenvalue weighted by molar-refractivity contribution is 6.29. The fourth-order valence-corrected chi connectivity index (χ4v) is 1.50. The van der Waals surface area contributed by atoms with E-state index in [1.54, 1.807) is 6.07 Å². The van der Waals surface area contributed by atoms with E-state index in [0.29, 0.717) is 11.3 Å². The van der Waals surface area contributed by atoms with E-state index in [9.17, 15) is 18.0 Å². The third-order valence-corrected chi connectivity index (χ3v) is 2.45. The molecule has 2 aromatic rings. The predicted molar refractivity (Wildman–Crippen MR) is 59.4 cm³/mol. The van der Waals surface area contributed by atoms with Gasteiger partial charge < -0.3 is 4.98 Å². The van der Waals surface area contributed by atoms with E-state index >= 15 is 0 Å². The zero-order chi connectivity index (χ0) is 13.3. The van der Waals surface area contributed by atoms with Crippen molar-refractivity contribution in [2.45, 2.75) is 6.18 Å². The van der Waals surface area contributed by atoms with E-state index in [-0.39, 0.29) is 5.15 Å². The minimum absolute atomic E-state index is 0.275. The van der Waals surface area contributed by atoms with Crippen LogP contribution in [0, 0.1) is 0 Å². The van der Waals surface area contributed by atoms with Crippen molar-refractivity contribution in [2.24, 2.45) is 0 Å². The molecule has 94 valence electrons. The van der Waals surface area contributed by atoms with E-state index < -0.39 is 17.7 Å². The van der Waals surface area contributed by atoms with Crippen molar-refractivity contribution >= 4 is 17.4 Å². The van der Waals surface area contributed by atoms with E-state index in [1.807, 2.05) is 0 Å². The molecule has 1 N–H and O–H groups in total. The lowest BCUT2D eigenvalue weighted by molar-refractivity contribution is -0.0887. The van der Waals surface area contributed by atoms with Crippen molar-refractivity contribution in [3.8, 4) is 11.3 Å². The molecule has 0 aliphatic heterocycles. The second-order valence-electron chi connectivity index (χ2n) is 3.48. The summed E-state index contributed by atoms with van der Waals surface area (Å²) in [7, 11) is 0. The summed E-state index contributed by atoms with van der Waals surface area (Å²) in [6, 6.07) is 5.55. The minimum Gasteiger partial charge on any atom is -0.352 e. The van der Waals surface area contributed by atoms with Crippen molar-refractivity contribution in [1.82, 2.24) is 9.97 Å². The number of alkyl halides is 3. The molecule has 0 saturated heterocycles. The predicted octanol–water partition coefficient (Wildman–Crippen LogP) is 3.48. The number of halogens is 4. The molecule has 0 saturated carbocycles. The number of hydrogen-bond acceptors (Lipinski definition) is 2. The van der Waals surface area contributed by atoms with Gasteiger partial charge in [-0.15, -0.1) is 0 Å². The molecule has 18 heavy (non-hydrogen) atoms. The Morgan fingerprint density at radius 3 is 2.50 bits per heavy atom. The van der Waals surface area contributed by atoms with Crippen LogP contribution in [0.4, 0.5) is 13.2 Å². The highest BCUT2D eigenvalue weighted by Gasteiger charge is 2.40. The Kier molecular flexibility index (Phi) is 3.13. The summed E-state index contributed by atoms with van der Waals surface area (Å²) >= 11 is 5.59. The molecular weight excluding hydrogens is 269 g/mol. The lowest BCUT2D eigenvalue weighted by Gasteiger charge is -2.02. The second-order valence-corrected chi connectivity index (χ2v) is 3.87. The van der Waals surface area contributed by atoms with E-state index in [2.05, 4.69) is 9.97 Å². The molecule has 0 radical (unpaired) electrons. The molecule has 0 aliphatic rings. The SMILES string of the molecule is O=C(c1ccc(-c2ccc(Cl)nc2)[nH]1)C(F)(F)F. The van der Waals surface area contributed by atoms with Gasteiger partial charge in [0.2, 0.25) is 0 Å². The Hall–Kier alpha value is -1.82. The molecule has 0 amide bonds. The number of pyridine rings is 1. The van der Waals surface area contributed by atoms with E-state index in [1.165, 1.54) is 18.3 Å². The van der Waals surface area contributed by atoms with Gasteiger partial charge >= 0.3 is 6.18 Å². The van der Waals surface area contributed by atoms with Gasteiger partial charge in [-0.2, -0.15) is 13.2 Å². The van der Waals surface area contributed by atoms with Gasteiger partial charge in [0.25, 0.3) is 5.78 Å².